The number of aromatic amines is 1. The molecular weight excluding hydrogens is 438 g/mol. The Morgan fingerprint density at radius 1 is 1.09 bits per heavy atom. The van der Waals surface area contributed by atoms with E-state index in [0.717, 1.165) is 43.5 Å². The summed E-state index contributed by atoms with van der Waals surface area (Å²) in [5.74, 6) is 1.60. The molecule has 172 valence electrons. The highest BCUT2D eigenvalue weighted by atomic mass is 32.2. The molecule has 1 aromatic heterocycles. The van der Waals surface area contributed by atoms with Gasteiger partial charge in [-0.2, -0.15) is 9.40 Å². The van der Waals surface area contributed by atoms with E-state index >= 15 is 0 Å². The van der Waals surface area contributed by atoms with Crippen molar-refractivity contribution in [1.82, 2.24) is 19.5 Å². The van der Waals surface area contributed by atoms with E-state index in [4.69, 9.17) is 0 Å². The second kappa shape index (κ2) is 8.72. The molecule has 2 fully saturated rings. The van der Waals surface area contributed by atoms with Gasteiger partial charge in [0, 0.05) is 35.3 Å². The van der Waals surface area contributed by atoms with Crippen molar-refractivity contribution in [3.8, 4) is 11.4 Å². The molecule has 33 heavy (non-hydrogen) atoms. The van der Waals surface area contributed by atoms with Crippen LogP contribution < -0.4 is 5.32 Å². The summed E-state index contributed by atoms with van der Waals surface area (Å²) in [6, 6.07) is 13.5. The monoisotopic (exact) mass is 465 g/mol. The van der Waals surface area contributed by atoms with Crippen molar-refractivity contribution >= 4 is 21.6 Å². The van der Waals surface area contributed by atoms with Crippen LogP contribution in [0, 0.1) is 0 Å². The zero-order valence-electron chi connectivity index (χ0n) is 18.5. The van der Waals surface area contributed by atoms with Crippen LogP contribution in [0.4, 0.5) is 5.69 Å². The summed E-state index contributed by atoms with van der Waals surface area (Å²) in [7, 11) is -3.65. The number of piperidine rings is 1. The fourth-order valence-corrected chi connectivity index (χ4v) is 5.99. The molecule has 3 aromatic rings. The molecule has 0 bridgehead atoms. The van der Waals surface area contributed by atoms with Gasteiger partial charge >= 0.3 is 0 Å². The van der Waals surface area contributed by atoms with Crippen molar-refractivity contribution in [3.63, 3.8) is 0 Å². The number of hydrogen-bond donors (Lipinski definition) is 2. The van der Waals surface area contributed by atoms with Crippen molar-refractivity contribution in [3.05, 3.63) is 59.9 Å². The van der Waals surface area contributed by atoms with E-state index in [0.29, 0.717) is 29.5 Å². The minimum atomic E-state index is -3.65. The number of amides is 1. The second-order valence-electron chi connectivity index (χ2n) is 8.84. The van der Waals surface area contributed by atoms with Gasteiger partial charge in [-0.1, -0.05) is 24.6 Å². The molecule has 1 saturated heterocycles. The van der Waals surface area contributed by atoms with Crippen LogP contribution in [0.15, 0.2) is 53.4 Å². The lowest BCUT2D eigenvalue weighted by atomic mass is 10.1. The van der Waals surface area contributed by atoms with E-state index in [1.54, 1.807) is 28.6 Å². The smallest absolute Gasteiger partial charge is 0.255 e. The fourth-order valence-electron chi connectivity index (χ4n) is 4.24. The van der Waals surface area contributed by atoms with Gasteiger partial charge in [0.05, 0.1) is 4.90 Å². The molecule has 9 heteroatoms. The lowest BCUT2D eigenvalue weighted by Gasteiger charge is -2.32. The molecule has 1 aliphatic heterocycles. The number of hydrogen-bond acceptors (Lipinski definition) is 5. The molecule has 2 aliphatic rings. The molecule has 0 radical (unpaired) electrons. The number of rotatable bonds is 6. The van der Waals surface area contributed by atoms with E-state index in [2.05, 4.69) is 20.5 Å². The maximum atomic E-state index is 13.2. The summed E-state index contributed by atoms with van der Waals surface area (Å²) >= 11 is 0. The number of nitrogens with one attached hydrogen (secondary N) is 2. The zero-order valence-corrected chi connectivity index (χ0v) is 19.3. The first-order chi connectivity index (χ1) is 15.9. The lowest BCUT2D eigenvalue weighted by molar-refractivity contribution is 0.102. The second-order valence-corrected chi connectivity index (χ2v) is 10.7. The molecule has 8 nitrogen and oxygen atoms in total. The van der Waals surface area contributed by atoms with Crippen LogP contribution in [0.25, 0.3) is 11.4 Å². The lowest BCUT2D eigenvalue weighted by Crippen LogP contribution is -2.41. The first-order valence-corrected chi connectivity index (χ1v) is 12.8. The Hall–Kier alpha value is -3.04. The zero-order chi connectivity index (χ0) is 23.0. The summed E-state index contributed by atoms with van der Waals surface area (Å²) in [6.45, 7) is 2.44. The molecule has 2 N–H and O–H groups in total. The van der Waals surface area contributed by atoms with E-state index in [1.807, 2.05) is 25.1 Å². The number of carbonyl (C=O) groups excluding carboxylic acids is 1. The Balaban J connectivity index is 1.34. The topological polar surface area (TPSA) is 108 Å². The van der Waals surface area contributed by atoms with Crippen LogP contribution in [0.1, 0.15) is 61.1 Å². The average Bonchev–Trinajstić information content (AvgIpc) is 3.56. The van der Waals surface area contributed by atoms with Crippen molar-refractivity contribution in [2.24, 2.45) is 0 Å². The SMILES string of the molecule is CC1CCCCN1S(=O)(=O)c1cccc(C(=O)Nc2cccc(-c3n[nH]c(C4CC4)n3)c2)c1. The number of H-pyrrole nitrogens is 1. The fraction of sp³-hybridized carbons (Fsp3) is 0.375. The number of benzene rings is 2. The molecule has 1 aliphatic carbocycles. The van der Waals surface area contributed by atoms with Gasteiger partial charge in [-0.25, -0.2) is 13.4 Å². The van der Waals surface area contributed by atoms with Gasteiger partial charge < -0.3 is 5.32 Å². The van der Waals surface area contributed by atoms with Crippen LogP contribution in [0.5, 0.6) is 0 Å². The predicted octanol–water partition coefficient (Wildman–Crippen LogP) is 4.16. The number of nitrogens with zero attached hydrogens (tertiary/aromatic N) is 3. The average molecular weight is 466 g/mol. The van der Waals surface area contributed by atoms with Crippen molar-refractivity contribution in [1.29, 1.82) is 0 Å². The van der Waals surface area contributed by atoms with Crippen LogP contribution in [-0.2, 0) is 10.0 Å². The number of sulfonamides is 1. The van der Waals surface area contributed by atoms with Gasteiger partial charge in [-0.15, -0.1) is 0 Å². The number of carbonyl (C=O) groups is 1. The standard InChI is InChI=1S/C24H27N5O3S/c1-16-6-2-3-13-29(16)33(31,32)21-10-5-8-19(15-21)24(30)25-20-9-4-7-18(14-20)23-26-22(27-28-23)17-11-12-17/h4-5,7-10,14-17H,2-3,6,11-13H2,1H3,(H,25,30)(H,26,27,28). The Labute approximate surface area is 193 Å². The van der Waals surface area contributed by atoms with Crippen molar-refractivity contribution < 1.29 is 13.2 Å². The van der Waals surface area contributed by atoms with Gasteiger partial charge in [0.15, 0.2) is 5.82 Å². The molecule has 1 saturated carbocycles. The summed E-state index contributed by atoms with van der Waals surface area (Å²) in [5, 5.41) is 10.2. The van der Waals surface area contributed by atoms with Gasteiger partial charge in [-0.3, -0.25) is 9.89 Å². The molecule has 2 heterocycles. The van der Waals surface area contributed by atoms with E-state index in [1.165, 1.54) is 6.07 Å². The molecule has 5 rings (SSSR count). The first kappa shape index (κ1) is 21.8. The third-order valence-electron chi connectivity index (χ3n) is 6.29. The van der Waals surface area contributed by atoms with Crippen LogP contribution in [0.2, 0.25) is 0 Å². The highest BCUT2D eigenvalue weighted by molar-refractivity contribution is 7.89. The molecule has 1 unspecified atom stereocenters. The van der Waals surface area contributed by atoms with Crippen molar-refractivity contribution in [2.75, 3.05) is 11.9 Å². The largest absolute Gasteiger partial charge is 0.322 e. The maximum absolute atomic E-state index is 13.2. The minimum absolute atomic E-state index is 0.0416. The van der Waals surface area contributed by atoms with Crippen LogP contribution >= 0.6 is 0 Å². The quantitative estimate of drug-likeness (QED) is 0.568. The highest BCUT2D eigenvalue weighted by Gasteiger charge is 2.31. The Kier molecular flexibility index (Phi) is 5.76. The minimum Gasteiger partial charge on any atom is -0.322 e. The molecule has 1 atom stereocenters. The Bertz CT molecular complexity index is 1280. The summed E-state index contributed by atoms with van der Waals surface area (Å²) in [4.78, 5) is 17.6. The molecule has 2 aromatic carbocycles. The third-order valence-corrected chi connectivity index (χ3v) is 8.30. The van der Waals surface area contributed by atoms with Gasteiger partial charge in [0.25, 0.3) is 5.91 Å². The summed E-state index contributed by atoms with van der Waals surface area (Å²) < 4.78 is 27.9. The summed E-state index contributed by atoms with van der Waals surface area (Å²) in [6.07, 6.45) is 5.01. The third kappa shape index (κ3) is 4.56. The number of aromatic nitrogens is 3. The van der Waals surface area contributed by atoms with Crippen LogP contribution in [0.3, 0.4) is 0 Å². The summed E-state index contributed by atoms with van der Waals surface area (Å²) in [5.41, 5.74) is 1.68. The molecule has 0 spiro atoms. The Morgan fingerprint density at radius 3 is 2.70 bits per heavy atom. The van der Waals surface area contributed by atoms with Crippen LogP contribution in [-0.4, -0.2) is 46.4 Å². The first-order valence-electron chi connectivity index (χ1n) is 11.4. The highest BCUT2D eigenvalue weighted by Crippen LogP contribution is 2.38. The Morgan fingerprint density at radius 2 is 1.91 bits per heavy atom. The molecule has 1 amide bonds. The normalized spacial score (nSPS) is 19.4. The number of anilines is 1. The van der Waals surface area contributed by atoms with Crippen molar-refractivity contribution in [2.45, 2.75) is 55.9 Å². The van der Waals surface area contributed by atoms with Gasteiger partial charge in [-0.05, 0) is 62.9 Å². The van der Waals surface area contributed by atoms with Gasteiger partial charge in [0.2, 0.25) is 10.0 Å². The van der Waals surface area contributed by atoms with Gasteiger partial charge in [0.1, 0.15) is 5.82 Å². The van der Waals surface area contributed by atoms with E-state index in [-0.39, 0.29) is 16.8 Å². The maximum Gasteiger partial charge on any atom is 0.255 e. The predicted molar refractivity (Wildman–Crippen MR) is 125 cm³/mol. The van der Waals surface area contributed by atoms with E-state index < -0.39 is 10.0 Å². The van der Waals surface area contributed by atoms with E-state index in [9.17, 15) is 13.2 Å². The molecular formula is C24H27N5O3S.